The van der Waals surface area contributed by atoms with Crippen molar-refractivity contribution >= 4 is 21.2 Å². The van der Waals surface area contributed by atoms with Gasteiger partial charge in [-0.2, -0.15) is 0 Å². The van der Waals surface area contributed by atoms with Gasteiger partial charge in [0.1, 0.15) is 24.8 Å². The largest absolute Gasteiger partial charge is 0.508 e. The summed E-state index contributed by atoms with van der Waals surface area (Å²) < 4.78 is 39.3. The fourth-order valence-corrected chi connectivity index (χ4v) is 2.42. The number of carbonyl (C=O) groups is 1. The molecule has 34 heavy (non-hydrogen) atoms. The summed E-state index contributed by atoms with van der Waals surface area (Å²) >= 11 is 0. The van der Waals surface area contributed by atoms with Gasteiger partial charge in [-0.3, -0.25) is 4.79 Å². The zero-order valence-electron chi connectivity index (χ0n) is 19.5. The topological polar surface area (TPSA) is 83.8 Å². The maximum absolute atomic E-state index is 12.0. The third-order valence-corrected chi connectivity index (χ3v) is 3.92. The number of aromatic hydroxyl groups is 1. The van der Waals surface area contributed by atoms with Gasteiger partial charge in [0.05, 0.1) is 7.85 Å². The minimum Gasteiger partial charge on any atom is -0.508 e. The number of allylic oxidation sites excluding steroid dienone is 5. The highest BCUT2D eigenvalue weighted by molar-refractivity contribution is 7.52. The molecule has 2 radical (unpaired) electrons. The van der Waals surface area contributed by atoms with Gasteiger partial charge in [-0.05, 0) is 53.1 Å². The van der Waals surface area contributed by atoms with Crippen molar-refractivity contribution in [1.29, 1.82) is 0 Å². The number of ketones is 1. The molecule has 0 aromatic heterocycles. The number of phenols is 1. The highest BCUT2D eigenvalue weighted by Gasteiger charge is 2.11. The summed E-state index contributed by atoms with van der Waals surface area (Å²) in [5, 5.41) is 8.73. The second-order valence-electron chi connectivity index (χ2n) is 7.36. The van der Waals surface area contributed by atoms with E-state index in [1.807, 2.05) is 13.8 Å². The van der Waals surface area contributed by atoms with E-state index in [1.165, 1.54) is 48.6 Å². The maximum atomic E-state index is 12.0. The standard InChI is InChI=1S/C8H10FO3P.C7H7FO.C7H6O.C3H7B/c1-13(10,11)12-8-4-2-7(6-9)3-5-8;8-5-6-1-3-7(9)4-2-6;1-6-2-4-7(8)5-3-6;1-3(2)4/h2-5H,6H2,1H3,(H,10,11);1-4,9H,5H2;2-5H,1H2;3H,1-2H3. The van der Waals surface area contributed by atoms with Crippen molar-refractivity contribution in [1.82, 2.24) is 0 Å². The normalized spacial score (nSPS) is 13.4. The number of rotatable bonds is 4. The van der Waals surface area contributed by atoms with Crippen LogP contribution in [-0.4, -0.2) is 30.3 Å². The number of phenolic OH excluding ortho intramolecular Hbond substituents is 1. The SMILES string of the molecule is C=C1C=CC(=O)C=C1.CP(=O)(O)Oc1ccc(CF)cc1.Oc1ccc(CF)cc1.[B]C(C)C. The molecule has 0 spiro atoms. The molecule has 182 valence electrons. The Labute approximate surface area is 201 Å². The lowest BCUT2D eigenvalue weighted by molar-refractivity contribution is -0.110. The number of hydrogen-bond donors (Lipinski definition) is 2. The van der Waals surface area contributed by atoms with E-state index >= 15 is 0 Å². The highest BCUT2D eigenvalue weighted by atomic mass is 31.2. The van der Waals surface area contributed by atoms with Crippen molar-refractivity contribution < 1.29 is 32.7 Å². The minimum atomic E-state index is -3.50. The van der Waals surface area contributed by atoms with E-state index < -0.39 is 20.9 Å². The molecule has 1 unspecified atom stereocenters. The van der Waals surface area contributed by atoms with E-state index in [4.69, 9.17) is 17.8 Å². The Morgan fingerprint density at radius 2 is 1.32 bits per heavy atom. The molecule has 1 aliphatic carbocycles. The Bertz CT molecular complexity index is 941. The molecule has 2 aromatic carbocycles. The Balaban J connectivity index is 0.000000458. The van der Waals surface area contributed by atoms with E-state index in [9.17, 15) is 18.1 Å². The molecule has 2 aromatic rings. The predicted molar refractivity (Wildman–Crippen MR) is 134 cm³/mol. The molecule has 0 fully saturated rings. The first-order valence-corrected chi connectivity index (χ1v) is 12.2. The lowest BCUT2D eigenvalue weighted by Gasteiger charge is -2.08. The number of carbonyl (C=O) groups excluding carboxylic acids is 1. The van der Waals surface area contributed by atoms with E-state index in [0.29, 0.717) is 16.9 Å². The maximum Gasteiger partial charge on any atom is 0.373 e. The molecule has 1 atom stereocenters. The van der Waals surface area contributed by atoms with Crippen LogP contribution in [-0.2, 0) is 22.7 Å². The van der Waals surface area contributed by atoms with Crippen LogP contribution in [0, 0.1) is 0 Å². The molecule has 5 nitrogen and oxygen atoms in total. The summed E-state index contributed by atoms with van der Waals surface area (Å²) in [6.45, 7) is 7.58. The van der Waals surface area contributed by atoms with Crippen LogP contribution in [0.3, 0.4) is 0 Å². The van der Waals surface area contributed by atoms with E-state index in [2.05, 4.69) is 11.1 Å². The number of alkyl halides is 2. The second-order valence-corrected chi connectivity index (χ2v) is 9.15. The van der Waals surface area contributed by atoms with Crippen molar-refractivity contribution in [3.8, 4) is 11.5 Å². The van der Waals surface area contributed by atoms with Gasteiger partial charge < -0.3 is 14.5 Å². The molecule has 3 rings (SSSR count). The van der Waals surface area contributed by atoms with Crippen LogP contribution < -0.4 is 4.52 Å². The average molecular weight is 490 g/mol. The van der Waals surface area contributed by atoms with Gasteiger partial charge in [0.2, 0.25) is 0 Å². The van der Waals surface area contributed by atoms with Crippen LogP contribution in [0.4, 0.5) is 8.78 Å². The first-order valence-electron chi connectivity index (χ1n) is 10.2. The van der Waals surface area contributed by atoms with Gasteiger partial charge >= 0.3 is 7.60 Å². The monoisotopic (exact) mass is 490 g/mol. The van der Waals surface area contributed by atoms with Crippen molar-refractivity contribution in [2.75, 3.05) is 6.66 Å². The Hall–Kier alpha value is -2.96. The summed E-state index contributed by atoms with van der Waals surface area (Å²) in [5.41, 5.74) is 1.98. The number of hydrogen-bond acceptors (Lipinski definition) is 4. The molecular formula is C25H30BF2O5P. The van der Waals surface area contributed by atoms with Gasteiger partial charge in [0.25, 0.3) is 0 Å². The predicted octanol–water partition coefficient (Wildman–Crippen LogP) is 6.43. The molecule has 0 aliphatic heterocycles. The Morgan fingerprint density at radius 3 is 1.65 bits per heavy atom. The van der Waals surface area contributed by atoms with Crippen molar-refractivity contribution in [3.05, 3.63) is 96.1 Å². The summed E-state index contributed by atoms with van der Waals surface area (Å²) in [5.74, 6) is 0.815. The molecule has 0 heterocycles. The molecule has 2 N–H and O–H groups in total. The van der Waals surface area contributed by atoms with Crippen LogP contribution in [0.1, 0.15) is 25.0 Å². The minimum absolute atomic E-state index is 0.0393. The van der Waals surface area contributed by atoms with Crippen molar-refractivity contribution in [2.24, 2.45) is 0 Å². The van der Waals surface area contributed by atoms with Crippen LogP contribution in [0.25, 0.3) is 0 Å². The fourth-order valence-electron chi connectivity index (χ4n) is 1.91. The molecular weight excluding hydrogens is 460 g/mol. The smallest absolute Gasteiger partial charge is 0.373 e. The number of halogens is 2. The lowest BCUT2D eigenvalue weighted by atomic mass is 9.93. The summed E-state index contributed by atoms with van der Waals surface area (Å²) in [7, 11) is 1.61. The van der Waals surface area contributed by atoms with Gasteiger partial charge in [-0.1, -0.05) is 62.7 Å². The molecule has 0 bridgehead atoms. The zero-order chi connectivity index (χ0) is 26.1. The second kappa shape index (κ2) is 16.6. The Kier molecular flexibility index (Phi) is 15.2. The van der Waals surface area contributed by atoms with E-state index in [0.717, 1.165) is 12.2 Å². The summed E-state index contributed by atoms with van der Waals surface area (Å²) in [6.07, 6.45) is 6.40. The average Bonchev–Trinajstić information content (AvgIpc) is 2.76. The van der Waals surface area contributed by atoms with Gasteiger partial charge in [0.15, 0.2) is 5.78 Å². The zero-order valence-corrected chi connectivity index (χ0v) is 20.4. The molecule has 0 amide bonds. The first-order chi connectivity index (χ1) is 15.9. The van der Waals surface area contributed by atoms with Crippen molar-refractivity contribution in [3.63, 3.8) is 0 Å². The molecule has 0 saturated carbocycles. The van der Waals surface area contributed by atoms with E-state index in [-0.39, 0.29) is 17.3 Å². The van der Waals surface area contributed by atoms with Crippen LogP contribution in [0.5, 0.6) is 11.5 Å². The highest BCUT2D eigenvalue weighted by Crippen LogP contribution is 2.37. The lowest BCUT2D eigenvalue weighted by Crippen LogP contribution is -1.89. The summed E-state index contributed by atoms with van der Waals surface area (Å²) in [4.78, 5) is 19.3. The van der Waals surface area contributed by atoms with Gasteiger partial charge in [-0.15, -0.1) is 0 Å². The third kappa shape index (κ3) is 17.6. The van der Waals surface area contributed by atoms with Crippen LogP contribution >= 0.6 is 7.60 Å². The van der Waals surface area contributed by atoms with Crippen molar-refractivity contribution in [2.45, 2.75) is 33.0 Å². The Morgan fingerprint density at radius 1 is 0.941 bits per heavy atom. The van der Waals surface area contributed by atoms with Crippen LogP contribution in [0.2, 0.25) is 5.82 Å². The quantitative estimate of drug-likeness (QED) is 0.381. The van der Waals surface area contributed by atoms with Gasteiger partial charge in [0, 0.05) is 6.66 Å². The number of benzene rings is 2. The van der Waals surface area contributed by atoms with Gasteiger partial charge in [-0.25, -0.2) is 13.3 Å². The summed E-state index contributed by atoms with van der Waals surface area (Å²) in [6, 6.07) is 12.0. The van der Waals surface area contributed by atoms with E-state index in [1.54, 1.807) is 24.3 Å². The molecule has 1 aliphatic rings. The van der Waals surface area contributed by atoms with Crippen LogP contribution in [0.15, 0.2) is 85.0 Å². The fraction of sp³-hybridized carbons (Fsp3) is 0.240. The third-order valence-electron chi connectivity index (χ3n) is 3.37. The molecule has 0 saturated heterocycles. The molecule has 9 heteroatoms. The first kappa shape index (κ1) is 31.0.